The van der Waals surface area contributed by atoms with Crippen molar-refractivity contribution in [3.8, 4) is 17.6 Å². The Morgan fingerprint density at radius 1 is 1.12 bits per heavy atom. The van der Waals surface area contributed by atoms with Gasteiger partial charge >= 0.3 is 0 Å². The van der Waals surface area contributed by atoms with E-state index in [0.29, 0.717) is 36.8 Å². The molecule has 3 rings (SSSR count). The topological polar surface area (TPSA) is 91.7 Å². The largest absolute Gasteiger partial charge is 0.490 e. The summed E-state index contributed by atoms with van der Waals surface area (Å²) in [5, 5.41) is 12.3. The highest BCUT2D eigenvalue weighted by atomic mass is 16.5. The van der Waals surface area contributed by atoms with Crippen LogP contribution in [0.25, 0.3) is 6.08 Å². The predicted octanol–water partition coefficient (Wildman–Crippen LogP) is 3.94. The zero-order chi connectivity index (χ0) is 22.9. The number of likely N-dealkylation sites (tertiary alicyclic amines) is 1. The lowest BCUT2D eigenvalue weighted by Gasteiger charge is -2.15. The average molecular weight is 434 g/mol. The molecule has 32 heavy (non-hydrogen) atoms. The van der Waals surface area contributed by atoms with E-state index in [4.69, 9.17) is 9.47 Å². The van der Waals surface area contributed by atoms with E-state index in [1.807, 2.05) is 44.2 Å². The Morgan fingerprint density at radius 2 is 1.88 bits per heavy atom. The Kier molecular flexibility index (Phi) is 7.87. The van der Waals surface area contributed by atoms with Crippen molar-refractivity contribution in [2.75, 3.05) is 31.6 Å². The minimum Gasteiger partial charge on any atom is -0.490 e. The molecule has 7 heteroatoms. The number of para-hydroxylation sites is 1. The zero-order valence-corrected chi connectivity index (χ0v) is 18.4. The van der Waals surface area contributed by atoms with Gasteiger partial charge in [0.1, 0.15) is 11.6 Å². The van der Waals surface area contributed by atoms with E-state index in [2.05, 4.69) is 5.32 Å². The molecule has 2 aromatic carbocycles. The van der Waals surface area contributed by atoms with E-state index < -0.39 is 0 Å². The molecule has 1 N–H and O–H groups in total. The number of anilines is 1. The second-order valence-electron chi connectivity index (χ2n) is 7.46. The molecule has 0 aromatic heterocycles. The molecule has 7 nitrogen and oxygen atoms in total. The van der Waals surface area contributed by atoms with Crippen molar-refractivity contribution < 1.29 is 19.1 Å². The number of hydrogen-bond acceptors (Lipinski definition) is 5. The smallest absolute Gasteiger partial charge is 0.264 e. The van der Waals surface area contributed by atoms with Crippen molar-refractivity contribution in [3.05, 3.63) is 59.2 Å². The third-order valence-electron chi connectivity index (χ3n) is 5.10. The van der Waals surface area contributed by atoms with Gasteiger partial charge in [0.05, 0.1) is 6.61 Å². The molecule has 0 bridgehead atoms. The van der Waals surface area contributed by atoms with Crippen molar-refractivity contribution in [1.82, 2.24) is 4.90 Å². The Hall–Kier alpha value is -3.79. The number of amides is 2. The number of benzene rings is 2. The van der Waals surface area contributed by atoms with E-state index in [9.17, 15) is 14.9 Å². The van der Waals surface area contributed by atoms with E-state index in [1.165, 1.54) is 0 Å². The summed E-state index contributed by atoms with van der Waals surface area (Å²) in [6.45, 7) is 5.34. The number of nitrogens with zero attached hydrogens (tertiary/aromatic N) is 2. The molecule has 0 atom stereocenters. The third-order valence-corrected chi connectivity index (χ3v) is 5.10. The van der Waals surface area contributed by atoms with Crippen molar-refractivity contribution in [3.63, 3.8) is 0 Å². The maximum Gasteiger partial charge on any atom is 0.264 e. The van der Waals surface area contributed by atoms with Gasteiger partial charge in [-0.2, -0.15) is 5.26 Å². The summed E-state index contributed by atoms with van der Waals surface area (Å²) in [7, 11) is 0. The molecule has 2 amide bonds. The summed E-state index contributed by atoms with van der Waals surface area (Å²) in [5.41, 5.74) is 2.43. The summed E-state index contributed by atoms with van der Waals surface area (Å²) in [6.07, 6.45) is 3.47. The molecule has 0 unspecified atom stereocenters. The first-order chi connectivity index (χ1) is 15.5. The number of carbonyl (C=O) groups excluding carboxylic acids is 2. The summed E-state index contributed by atoms with van der Waals surface area (Å²) in [6, 6.07) is 14.6. The fraction of sp³-hybridized carbons (Fsp3) is 0.320. The summed E-state index contributed by atoms with van der Waals surface area (Å²) < 4.78 is 11.3. The molecular formula is C25H27N3O4. The first-order valence-corrected chi connectivity index (χ1v) is 10.7. The highest BCUT2D eigenvalue weighted by Gasteiger charge is 2.21. The lowest BCUT2D eigenvalue weighted by Crippen LogP contribution is -2.28. The van der Waals surface area contributed by atoms with E-state index in [1.54, 1.807) is 29.2 Å². The third kappa shape index (κ3) is 5.88. The number of nitriles is 1. The maximum absolute atomic E-state index is 12.5. The Balaban J connectivity index is 1.71. The van der Waals surface area contributed by atoms with Gasteiger partial charge < -0.3 is 19.7 Å². The first kappa shape index (κ1) is 22.9. The Morgan fingerprint density at radius 3 is 2.56 bits per heavy atom. The monoisotopic (exact) mass is 433 g/mol. The second kappa shape index (κ2) is 11.0. The minimum absolute atomic E-state index is 0.0839. The molecule has 0 saturated carbocycles. The van der Waals surface area contributed by atoms with Crippen LogP contribution in [0.4, 0.5) is 5.69 Å². The number of hydrogen-bond donors (Lipinski definition) is 1. The van der Waals surface area contributed by atoms with Gasteiger partial charge in [-0.05, 0) is 62.1 Å². The fourth-order valence-electron chi connectivity index (χ4n) is 3.44. The Labute approximate surface area is 188 Å². The zero-order valence-electron chi connectivity index (χ0n) is 18.4. The number of rotatable bonds is 8. The molecule has 1 heterocycles. The van der Waals surface area contributed by atoms with Crippen LogP contribution >= 0.6 is 0 Å². The molecule has 0 aliphatic carbocycles. The van der Waals surface area contributed by atoms with Crippen LogP contribution < -0.4 is 14.8 Å². The van der Waals surface area contributed by atoms with Gasteiger partial charge in [0.2, 0.25) is 0 Å². The Bertz CT molecular complexity index is 1050. The van der Waals surface area contributed by atoms with Crippen LogP contribution in [0.15, 0.2) is 48.0 Å². The van der Waals surface area contributed by atoms with Gasteiger partial charge in [0.25, 0.3) is 11.8 Å². The molecule has 1 fully saturated rings. The number of aryl methyl sites for hydroxylation is 1. The quantitative estimate of drug-likeness (QED) is 0.503. The van der Waals surface area contributed by atoms with Gasteiger partial charge in [0, 0.05) is 18.8 Å². The van der Waals surface area contributed by atoms with Crippen LogP contribution in [-0.4, -0.2) is 43.0 Å². The van der Waals surface area contributed by atoms with E-state index >= 15 is 0 Å². The maximum atomic E-state index is 12.5. The summed E-state index contributed by atoms with van der Waals surface area (Å²) in [5.74, 6) is 0.314. The highest BCUT2D eigenvalue weighted by Crippen LogP contribution is 2.30. The summed E-state index contributed by atoms with van der Waals surface area (Å²) in [4.78, 5) is 26.5. The number of nitrogens with one attached hydrogen (secondary N) is 1. The average Bonchev–Trinajstić information content (AvgIpc) is 3.33. The molecule has 0 spiro atoms. The van der Waals surface area contributed by atoms with Gasteiger partial charge in [-0.25, -0.2) is 0 Å². The van der Waals surface area contributed by atoms with Crippen LogP contribution in [-0.2, 0) is 9.59 Å². The molecule has 2 aromatic rings. The minimum atomic E-state index is -0.284. The lowest BCUT2D eigenvalue weighted by molar-refractivity contribution is -0.125. The molecule has 0 radical (unpaired) electrons. The van der Waals surface area contributed by atoms with Crippen LogP contribution in [0.1, 0.15) is 30.9 Å². The van der Waals surface area contributed by atoms with Gasteiger partial charge in [-0.3, -0.25) is 9.59 Å². The molecule has 1 aliphatic rings. The SMILES string of the molecule is CCOc1cc(/C=C(\C#N)C(=O)N2CCCC2)ccc1OCC(=O)Nc1ccccc1C. The van der Waals surface area contributed by atoms with Crippen molar-refractivity contribution >= 4 is 23.6 Å². The van der Waals surface area contributed by atoms with E-state index in [-0.39, 0.29) is 24.0 Å². The van der Waals surface area contributed by atoms with Crippen LogP contribution in [0.5, 0.6) is 11.5 Å². The van der Waals surface area contributed by atoms with Crippen molar-refractivity contribution in [2.45, 2.75) is 26.7 Å². The molecule has 1 saturated heterocycles. The van der Waals surface area contributed by atoms with Crippen LogP contribution in [0, 0.1) is 18.3 Å². The molecular weight excluding hydrogens is 406 g/mol. The van der Waals surface area contributed by atoms with Gasteiger partial charge in [0.15, 0.2) is 18.1 Å². The molecule has 1 aliphatic heterocycles. The fourth-order valence-corrected chi connectivity index (χ4v) is 3.44. The standard InChI is InChI=1S/C25H27N3O4/c1-3-31-23-15-19(14-20(16-26)25(30)28-12-6-7-13-28)10-11-22(23)32-17-24(29)27-21-9-5-4-8-18(21)2/h4-5,8-11,14-15H,3,6-7,12-13,17H2,1-2H3,(H,27,29)/b20-14+. The highest BCUT2D eigenvalue weighted by molar-refractivity contribution is 6.01. The lowest BCUT2D eigenvalue weighted by atomic mass is 10.1. The van der Waals surface area contributed by atoms with Crippen LogP contribution in [0.3, 0.4) is 0 Å². The second-order valence-corrected chi connectivity index (χ2v) is 7.46. The van der Waals surface area contributed by atoms with E-state index in [0.717, 1.165) is 24.1 Å². The van der Waals surface area contributed by atoms with Crippen molar-refractivity contribution in [1.29, 1.82) is 5.26 Å². The summed E-state index contributed by atoms with van der Waals surface area (Å²) >= 11 is 0. The normalized spacial score (nSPS) is 13.4. The number of carbonyl (C=O) groups is 2. The van der Waals surface area contributed by atoms with Crippen molar-refractivity contribution in [2.24, 2.45) is 0 Å². The van der Waals surface area contributed by atoms with Gasteiger partial charge in [-0.1, -0.05) is 24.3 Å². The van der Waals surface area contributed by atoms with Gasteiger partial charge in [-0.15, -0.1) is 0 Å². The first-order valence-electron chi connectivity index (χ1n) is 10.7. The van der Waals surface area contributed by atoms with Crippen LogP contribution in [0.2, 0.25) is 0 Å². The number of ether oxygens (including phenoxy) is 2. The molecule has 166 valence electrons. The predicted molar refractivity (Wildman–Crippen MR) is 122 cm³/mol.